The van der Waals surface area contributed by atoms with Crippen molar-refractivity contribution in [2.24, 2.45) is 0 Å². The molecule has 1 aliphatic rings. The van der Waals surface area contributed by atoms with E-state index in [0.717, 1.165) is 28.9 Å². The molecule has 0 spiro atoms. The van der Waals surface area contributed by atoms with Crippen molar-refractivity contribution < 1.29 is 0 Å². The van der Waals surface area contributed by atoms with E-state index in [1.54, 1.807) is 0 Å². The molecule has 1 aromatic heterocycles. The fraction of sp³-hybridized carbons (Fsp3) is 0.353. The van der Waals surface area contributed by atoms with Gasteiger partial charge in [-0.2, -0.15) is 0 Å². The van der Waals surface area contributed by atoms with Crippen LogP contribution in [0.3, 0.4) is 0 Å². The van der Waals surface area contributed by atoms with Crippen molar-refractivity contribution in [3.05, 3.63) is 58.2 Å². The monoisotopic (exact) mass is 362 g/mol. The van der Waals surface area contributed by atoms with Crippen LogP contribution in [0.15, 0.2) is 52.1 Å². The molecule has 3 rings (SSSR count). The van der Waals surface area contributed by atoms with Crippen LogP contribution in [-0.4, -0.2) is 16.8 Å². The second-order valence-corrected chi connectivity index (χ2v) is 7.36. The Balaban J connectivity index is 1.83. The smallest absolute Gasteiger partial charge is 0.111 e. The summed E-state index contributed by atoms with van der Waals surface area (Å²) in [6.07, 6.45) is 4.12. The van der Waals surface area contributed by atoms with Crippen molar-refractivity contribution in [1.29, 1.82) is 0 Å². The molecule has 0 amide bonds. The van der Waals surface area contributed by atoms with Crippen LogP contribution in [0, 0.1) is 0 Å². The molecule has 1 aliphatic carbocycles. The quantitative estimate of drug-likeness (QED) is 0.840. The van der Waals surface area contributed by atoms with E-state index in [2.05, 4.69) is 63.5 Å². The molecule has 2 nitrogen and oxygen atoms in total. The molecule has 0 radical (unpaired) electrons. The van der Waals surface area contributed by atoms with Crippen LogP contribution < -0.4 is 5.32 Å². The van der Waals surface area contributed by atoms with Crippen molar-refractivity contribution >= 4 is 27.7 Å². The Kier molecular flexibility index (Phi) is 4.99. The first-order valence-electron chi connectivity index (χ1n) is 7.38. The Morgan fingerprint density at radius 3 is 2.95 bits per heavy atom. The predicted octanol–water partition coefficient (Wildman–Crippen LogP) is 4.60. The third kappa shape index (κ3) is 3.33. The van der Waals surface area contributed by atoms with Gasteiger partial charge in [0.15, 0.2) is 0 Å². The number of hydrogen-bond acceptors (Lipinski definition) is 3. The molecule has 110 valence electrons. The lowest BCUT2D eigenvalue weighted by molar-refractivity contribution is 0.538. The summed E-state index contributed by atoms with van der Waals surface area (Å²) in [5.41, 5.74) is 2.92. The lowest BCUT2D eigenvalue weighted by Gasteiger charge is -2.21. The van der Waals surface area contributed by atoms with E-state index < -0.39 is 0 Å². The molecule has 1 heterocycles. The summed E-state index contributed by atoms with van der Waals surface area (Å²) in [5.74, 6) is 0. The number of pyridine rings is 1. The fourth-order valence-electron chi connectivity index (χ4n) is 2.81. The van der Waals surface area contributed by atoms with Crippen LogP contribution >= 0.6 is 27.7 Å². The molecule has 2 atom stereocenters. The Labute approximate surface area is 138 Å². The van der Waals surface area contributed by atoms with E-state index in [4.69, 9.17) is 0 Å². The molecule has 0 saturated heterocycles. The summed E-state index contributed by atoms with van der Waals surface area (Å²) in [7, 11) is 0. The first-order chi connectivity index (χ1) is 10.3. The first kappa shape index (κ1) is 15.1. The number of nitrogens with one attached hydrogen (secondary N) is 1. The highest BCUT2D eigenvalue weighted by Crippen LogP contribution is 2.42. The lowest BCUT2D eigenvalue weighted by Crippen LogP contribution is -2.27. The maximum atomic E-state index is 4.51. The van der Waals surface area contributed by atoms with Crippen molar-refractivity contribution in [2.45, 2.75) is 36.1 Å². The largest absolute Gasteiger partial charge is 0.309 e. The van der Waals surface area contributed by atoms with Gasteiger partial charge in [-0.3, -0.25) is 0 Å². The topological polar surface area (TPSA) is 24.9 Å². The van der Waals surface area contributed by atoms with E-state index in [0.29, 0.717) is 11.3 Å². The summed E-state index contributed by atoms with van der Waals surface area (Å²) in [5, 5.41) is 5.30. The lowest BCUT2D eigenvalue weighted by atomic mass is 10.1. The number of benzene rings is 1. The van der Waals surface area contributed by atoms with Crippen molar-refractivity contribution in [3.63, 3.8) is 0 Å². The zero-order valence-corrected chi connectivity index (χ0v) is 14.5. The molecule has 0 fully saturated rings. The molecule has 2 aromatic rings. The van der Waals surface area contributed by atoms with Gasteiger partial charge in [0, 0.05) is 22.0 Å². The van der Waals surface area contributed by atoms with Crippen LogP contribution in [0.5, 0.6) is 0 Å². The minimum atomic E-state index is 0.417. The molecule has 0 saturated carbocycles. The highest BCUT2D eigenvalue weighted by atomic mass is 79.9. The summed E-state index contributed by atoms with van der Waals surface area (Å²) in [4.78, 5) is 4.51. The SMILES string of the molecule is CCCNC1c2ccccc2CC1Sc1ncccc1Br. The third-order valence-electron chi connectivity index (χ3n) is 3.79. The van der Waals surface area contributed by atoms with Crippen molar-refractivity contribution in [3.8, 4) is 0 Å². The van der Waals surface area contributed by atoms with Crippen molar-refractivity contribution in [2.75, 3.05) is 6.54 Å². The minimum Gasteiger partial charge on any atom is -0.309 e. The number of hydrogen-bond donors (Lipinski definition) is 1. The highest BCUT2D eigenvalue weighted by molar-refractivity contribution is 9.10. The Morgan fingerprint density at radius 1 is 1.29 bits per heavy atom. The normalized spacial score (nSPS) is 20.5. The molecule has 0 bridgehead atoms. The van der Waals surface area contributed by atoms with E-state index >= 15 is 0 Å². The van der Waals surface area contributed by atoms with Gasteiger partial charge in [-0.05, 0) is 58.6 Å². The van der Waals surface area contributed by atoms with Crippen molar-refractivity contribution in [1.82, 2.24) is 10.3 Å². The van der Waals surface area contributed by atoms with E-state index in [1.165, 1.54) is 11.1 Å². The number of fused-ring (bicyclic) bond motifs is 1. The van der Waals surface area contributed by atoms with Gasteiger partial charge in [0.2, 0.25) is 0 Å². The summed E-state index contributed by atoms with van der Waals surface area (Å²) in [6.45, 7) is 3.27. The zero-order chi connectivity index (χ0) is 14.7. The molecule has 2 unspecified atom stereocenters. The average molecular weight is 363 g/mol. The molecule has 4 heteroatoms. The third-order valence-corrected chi connectivity index (χ3v) is 5.98. The number of aromatic nitrogens is 1. The highest BCUT2D eigenvalue weighted by Gasteiger charge is 2.33. The second kappa shape index (κ2) is 6.95. The van der Waals surface area contributed by atoms with Gasteiger partial charge >= 0.3 is 0 Å². The average Bonchev–Trinajstić information content (AvgIpc) is 2.85. The van der Waals surface area contributed by atoms with Crippen LogP contribution in [0.2, 0.25) is 0 Å². The maximum absolute atomic E-state index is 4.51. The summed E-state index contributed by atoms with van der Waals surface area (Å²) < 4.78 is 1.08. The number of halogens is 1. The molecule has 1 N–H and O–H groups in total. The summed E-state index contributed by atoms with van der Waals surface area (Å²) in [6, 6.07) is 13.2. The van der Waals surface area contributed by atoms with Gasteiger partial charge in [-0.1, -0.05) is 43.0 Å². The first-order valence-corrected chi connectivity index (χ1v) is 9.05. The fourth-order valence-corrected chi connectivity index (χ4v) is 4.58. The molecular weight excluding hydrogens is 344 g/mol. The second-order valence-electron chi connectivity index (χ2n) is 5.28. The zero-order valence-electron chi connectivity index (χ0n) is 12.1. The van der Waals surface area contributed by atoms with Crippen LogP contribution in [0.4, 0.5) is 0 Å². The Bertz CT molecular complexity index is 617. The maximum Gasteiger partial charge on any atom is 0.111 e. The van der Waals surface area contributed by atoms with Crippen LogP contribution in [-0.2, 0) is 6.42 Å². The predicted molar refractivity (Wildman–Crippen MR) is 92.8 cm³/mol. The van der Waals surface area contributed by atoms with Crippen LogP contribution in [0.25, 0.3) is 0 Å². The number of nitrogens with zero attached hydrogens (tertiary/aromatic N) is 1. The van der Waals surface area contributed by atoms with Gasteiger partial charge in [-0.15, -0.1) is 0 Å². The Morgan fingerprint density at radius 2 is 2.14 bits per heavy atom. The van der Waals surface area contributed by atoms with Crippen LogP contribution in [0.1, 0.15) is 30.5 Å². The van der Waals surface area contributed by atoms with E-state index in [1.807, 2.05) is 24.0 Å². The van der Waals surface area contributed by atoms with Gasteiger partial charge in [0.05, 0.1) is 0 Å². The minimum absolute atomic E-state index is 0.417. The van der Waals surface area contributed by atoms with Gasteiger partial charge in [0.1, 0.15) is 5.03 Å². The van der Waals surface area contributed by atoms with Gasteiger partial charge < -0.3 is 5.32 Å². The van der Waals surface area contributed by atoms with Gasteiger partial charge in [0.25, 0.3) is 0 Å². The van der Waals surface area contributed by atoms with E-state index in [9.17, 15) is 0 Å². The Hall–Kier alpha value is -0.840. The standard InChI is InChI=1S/C17H19BrN2S/c1-2-9-19-16-13-7-4-3-6-12(13)11-15(16)21-17-14(18)8-5-10-20-17/h3-8,10,15-16,19H,2,9,11H2,1H3. The summed E-state index contributed by atoms with van der Waals surface area (Å²) >= 11 is 5.48. The number of rotatable bonds is 5. The molecule has 0 aliphatic heterocycles. The molecular formula is C17H19BrN2S. The van der Waals surface area contributed by atoms with Gasteiger partial charge in [-0.25, -0.2) is 4.98 Å². The van der Waals surface area contributed by atoms with E-state index in [-0.39, 0.29) is 0 Å². The number of thioether (sulfide) groups is 1. The molecule has 1 aromatic carbocycles. The molecule has 21 heavy (non-hydrogen) atoms.